The third kappa shape index (κ3) is 4.81. The van der Waals surface area contributed by atoms with Gasteiger partial charge in [0.15, 0.2) is 0 Å². The lowest BCUT2D eigenvalue weighted by atomic mass is 10.1. The standard InChI is InChI=1S/C14H18N2O4/c1-2-12(9-10-17)15-14(18)8-7-11-5-3-4-6-13(11)16(19)20/h3-8,12,17H,2,9-10H2,1H3,(H,15,18)/b8-7+. The molecule has 6 heteroatoms. The summed E-state index contributed by atoms with van der Waals surface area (Å²) in [7, 11) is 0. The van der Waals surface area contributed by atoms with E-state index in [2.05, 4.69) is 5.32 Å². The van der Waals surface area contributed by atoms with Gasteiger partial charge in [-0.05, 0) is 25.0 Å². The number of nitrogens with zero attached hydrogens (tertiary/aromatic N) is 1. The van der Waals surface area contributed by atoms with Gasteiger partial charge in [0, 0.05) is 24.8 Å². The second kappa shape index (κ2) is 8.06. The molecule has 1 amide bonds. The molecule has 0 fully saturated rings. The zero-order valence-electron chi connectivity index (χ0n) is 11.3. The molecule has 1 aromatic rings. The monoisotopic (exact) mass is 278 g/mol. The van der Waals surface area contributed by atoms with Crippen molar-refractivity contribution in [2.45, 2.75) is 25.8 Å². The first-order chi connectivity index (χ1) is 9.58. The molecule has 0 radical (unpaired) electrons. The summed E-state index contributed by atoms with van der Waals surface area (Å²) < 4.78 is 0. The number of carbonyl (C=O) groups is 1. The van der Waals surface area contributed by atoms with Gasteiger partial charge in [-0.25, -0.2) is 0 Å². The van der Waals surface area contributed by atoms with Crippen molar-refractivity contribution >= 4 is 17.7 Å². The van der Waals surface area contributed by atoms with Crippen LogP contribution in [-0.2, 0) is 4.79 Å². The number of hydrogen-bond donors (Lipinski definition) is 2. The predicted molar refractivity (Wildman–Crippen MR) is 76.1 cm³/mol. The van der Waals surface area contributed by atoms with E-state index < -0.39 is 4.92 Å². The first kappa shape index (κ1) is 15.8. The van der Waals surface area contributed by atoms with Gasteiger partial charge >= 0.3 is 0 Å². The number of nitro benzene ring substituents is 1. The van der Waals surface area contributed by atoms with Crippen LogP contribution in [0.5, 0.6) is 0 Å². The Morgan fingerprint density at radius 3 is 2.80 bits per heavy atom. The van der Waals surface area contributed by atoms with E-state index in [1.54, 1.807) is 18.2 Å². The van der Waals surface area contributed by atoms with Crippen LogP contribution in [0.4, 0.5) is 5.69 Å². The van der Waals surface area contributed by atoms with Crippen molar-refractivity contribution in [1.29, 1.82) is 0 Å². The van der Waals surface area contributed by atoms with Crippen LogP contribution in [0, 0.1) is 10.1 Å². The van der Waals surface area contributed by atoms with Gasteiger partial charge in [-0.15, -0.1) is 0 Å². The number of hydrogen-bond acceptors (Lipinski definition) is 4. The number of rotatable bonds is 7. The number of nitro groups is 1. The fourth-order valence-electron chi connectivity index (χ4n) is 1.74. The molecule has 6 nitrogen and oxygen atoms in total. The molecular formula is C14H18N2O4. The average molecular weight is 278 g/mol. The summed E-state index contributed by atoms with van der Waals surface area (Å²) in [5.74, 6) is -0.330. The lowest BCUT2D eigenvalue weighted by Crippen LogP contribution is -2.33. The van der Waals surface area contributed by atoms with E-state index in [1.165, 1.54) is 18.2 Å². The SMILES string of the molecule is CCC(CCO)NC(=O)/C=C/c1ccccc1[N+](=O)[O-]. The number of aliphatic hydroxyl groups excluding tert-OH is 1. The minimum absolute atomic E-state index is 0.00661. The zero-order chi connectivity index (χ0) is 15.0. The Balaban J connectivity index is 2.72. The third-order valence-electron chi connectivity index (χ3n) is 2.86. The van der Waals surface area contributed by atoms with Crippen LogP contribution >= 0.6 is 0 Å². The van der Waals surface area contributed by atoms with Crippen LogP contribution in [0.15, 0.2) is 30.3 Å². The van der Waals surface area contributed by atoms with Gasteiger partial charge in [-0.1, -0.05) is 19.1 Å². The maximum Gasteiger partial charge on any atom is 0.276 e. The molecule has 0 aliphatic rings. The summed E-state index contributed by atoms with van der Waals surface area (Å²) in [6.07, 6.45) is 3.88. The normalized spacial score (nSPS) is 12.3. The highest BCUT2D eigenvalue weighted by Gasteiger charge is 2.11. The maximum absolute atomic E-state index is 11.7. The summed E-state index contributed by atoms with van der Waals surface area (Å²) in [5.41, 5.74) is 0.335. The smallest absolute Gasteiger partial charge is 0.276 e. The summed E-state index contributed by atoms with van der Waals surface area (Å²) in [5, 5.41) is 22.4. The molecule has 1 rings (SSSR count). The molecule has 0 heterocycles. The third-order valence-corrected chi connectivity index (χ3v) is 2.86. The van der Waals surface area contributed by atoms with Gasteiger partial charge in [0.25, 0.3) is 5.69 Å². The van der Waals surface area contributed by atoms with Crippen molar-refractivity contribution in [2.24, 2.45) is 0 Å². The van der Waals surface area contributed by atoms with Crippen molar-refractivity contribution < 1.29 is 14.8 Å². The van der Waals surface area contributed by atoms with E-state index in [0.717, 1.165) is 0 Å². The molecule has 1 unspecified atom stereocenters. The Morgan fingerprint density at radius 2 is 2.20 bits per heavy atom. The van der Waals surface area contributed by atoms with Gasteiger partial charge in [-0.3, -0.25) is 14.9 Å². The lowest BCUT2D eigenvalue weighted by Gasteiger charge is -2.13. The maximum atomic E-state index is 11.7. The highest BCUT2D eigenvalue weighted by atomic mass is 16.6. The number of para-hydroxylation sites is 1. The van der Waals surface area contributed by atoms with Crippen LogP contribution in [0.1, 0.15) is 25.3 Å². The topological polar surface area (TPSA) is 92.5 Å². The lowest BCUT2D eigenvalue weighted by molar-refractivity contribution is -0.385. The Labute approximate surface area is 117 Å². The van der Waals surface area contributed by atoms with Crippen LogP contribution in [0.2, 0.25) is 0 Å². The van der Waals surface area contributed by atoms with E-state index in [-0.39, 0.29) is 24.2 Å². The minimum Gasteiger partial charge on any atom is -0.396 e. The first-order valence-electron chi connectivity index (χ1n) is 6.41. The molecular weight excluding hydrogens is 260 g/mol. The molecule has 20 heavy (non-hydrogen) atoms. The molecule has 0 saturated carbocycles. The Hall–Kier alpha value is -2.21. The quantitative estimate of drug-likeness (QED) is 0.452. The number of aliphatic hydroxyl groups is 1. The first-order valence-corrected chi connectivity index (χ1v) is 6.41. The summed E-state index contributed by atoms with van der Waals surface area (Å²) in [4.78, 5) is 22.0. The largest absolute Gasteiger partial charge is 0.396 e. The predicted octanol–water partition coefficient (Wildman–Crippen LogP) is 1.89. The van der Waals surface area contributed by atoms with Gasteiger partial charge in [0.1, 0.15) is 0 Å². The van der Waals surface area contributed by atoms with Crippen molar-refractivity contribution in [3.05, 3.63) is 46.0 Å². The Morgan fingerprint density at radius 1 is 1.50 bits per heavy atom. The summed E-state index contributed by atoms with van der Waals surface area (Å²) >= 11 is 0. The molecule has 1 atom stereocenters. The fraction of sp³-hybridized carbons (Fsp3) is 0.357. The minimum atomic E-state index is -0.488. The second-order valence-electron chi connectivity index (χ2n) is 4.28. The molecule has 0 saturated heterocycles. The highest BCUT2D eigenvalue weighted by Crippen LogP contribution is 2.18. The highest BCUT2D eigenvalue weighted by molar-refractivity contribution is 5.92. The van der Waals surface area contributed by atoms with E-state index in [4.69, 9.17) is 5.11 Å². The fourth-order valence-corrected chi connectivity index (χ4v) is 1.74. The van der Waals surface area contributed by atoms with E-state index in [0.29, 0.717) is 18.4 Å². The van der Waals surface area contributed by atoms with Gasteiger partial charge in [-0.2, -0.15) is 0 Å². The number of nitrogens with one attached hydrogen (secondary N) is 1. The van der Waals surface area contributed by atoms with Gasteiger partial charge < -0.3 is 10.4 Å². The Kier molecular flexibility index (Phi) is 6.39. The van der Waals surface area contributed by atoms with Crippen molar-refractivity contribution in [2.75, 3.05) is 6.61 Å². The summed E-state index contributed by atoms with van der Waals surface area (Å²) in [6.45, 7) is 1.92. The number of amides is 1. The van der Waals surface area contributed by atoms with Gasteiger partial charge in [0.05, 0.1) is 10.5 Å². The molecule has 2 N–H and O–H groups in total. The number of carbonyl (C=O) groups excluding carboxylic acids is 1. The summed E-state index contributed by atoms with van der Waals surface area (Å²) in [6, 6.07) is 6.11. The Bertz CT molecular complexity index is 500. The average Bonchev–Trinajstić information content (AvgIpc) is 2.44. The van der Waals surface area contributed by atoms with E-state index in [1.807, 2.05) is 6.92 Å². The molecule has 0 spiro atoms. The van der Waals surface area contributed by atoms with Crippen LogP contribution in [-0.4, -0.2) is 28.6 Å². The molecule has 108 valence electrons. The molecule has 1 aromatic carbocycles. The van der Waals surface area contributed by atoms with E-state index in [9.17, 15) is 14.9 Å². The van der Waals surface area contributed by atoms with E-state index >= 15 is 0 Å². The van der Waals surface area contributed by atoms with Crippen LogP contribution in [0.3, 0.4) is 0 Å². The van der Waals surface area contributed by atoms with Gasteiger partial charge in [0.2, 0.25) is 5.91 Å². The van der Waals surface area contributed by atoms with Crippen molar-refractivity contribution in [1.82, 2.24) is 5.32 Å². The van der Waals surface area contributed by atoms with Crippen molar-refractivity contribution in [3.63, 3.8) is 0 Å². The van der Waals surface area contributed by atoms with Crippen molar-refractivity contribution in [3.8, 4) is 0 Å². The van der Waals surface area contributed by atoms with Crippen LogP contribution in [0.25, 0.3) is 6.08 Å². The zero-order valence-corrected chi connectivity index (χ0v) is 11.3. The molecule has 0 aromatic heterocycles. The second-order valence-corrected chi connectivity index (χ2v) is 4.28. The molecule has 0 aliphatic carbocycles. The molecule has 0 bridgehead atoms. The molecule has 0 aliphatic heterocycles. The van der Waals surface area contributed by atoms with Crippen LogP contribution < -0.4 is 5.32 Å². The number of benzene rings is 1.